The number of hydrogen-bond acceptors (Lipinski definition) is 1. The normalized spacial score (nSPS) is 11.4. The summed E-state index contributed by atoms with van der Waals surface area (Å²) in [4.78, 5) is 3.59. The average molecular weight is 343 g/mol. The van der Waals surface area contributed by atoms with Crippen LogP contribution in [0.2, 0.25) is 5.02 Å². The van der Waals surface area contributed by atoms with Crippen LogP contribution in [0.4, 0.5) is 11.4 Å². The summed E-state index contributed by atoms with van der Waals surface area (Å²) in [5, 5.41) is 9.08. The molecule has 120 valence electrons. The Hall–Kier alpha value is -2.97. The number of para-hydroxylation sites is 1. The number of fused-ring (bicyclic) bond motifs is 5. The lowest BCUT2D eigenvalue weighted by molar-refractivity contribution is 1.53. The van der Waals surface area contributed by atoms with Crippen LogP contribution in [-0.4, -0.2) is 4.98 Å². The molecule has 0 aliphatic heterocycles. The Morgan fingerprint density at radius 1 is 0.720 bits per heavy atom. The SMILES string of the molecule is Clc1ccccc1Nc1ccc2c(c1)[nH]c1c3ccccc3ccc21. The number of aromatic nitrogens is 1. The molecule has 4 aromatic carbocycles. The second-order valence-corrected chi connectivity index (χ2v) is 6.61. The summed E-state index contributed by atoms with van der Waals surface area (Å²) in [6.45, 7) is 0. The largest absolute Gasteiger partial charge is 0.354 e. The first-order valence-electron chi connectivity index (χ1n) is 8.24. The van der Waals surface area contributed by atoms with E-state index in [1.807, 2.05) is 24.3 Å². The Morgan fingerprint density at radius 2 is 1.52 bits per heavy atom. The molecule has 1 aromatic heterocycles. The third-order valence-corrected chi connectivity index (χ3v) is 4.98. The van der Waals surface area contributed by atoms with Gasteiger partial charge in [-0.05, 0) is 29.7 Å². The minimum atomic E-state index is 0.713. The zero-order chi connectivity index (χ0) is 16.8. The summed E-state index contributed by atoms with van der Waals surface area (Å²) >= 11 is 6.25. The van der Waals surface area contributed by atoms with Crippen LogP contribution in [0.1, 0.15) is 0 Å². The van der Waals surface area contributed by atoms with E-state index in [4.69, 9.17) is 11.6 Å². The highest BCUT2D eigenvalue weighted by Gasteiger charge is 2.08. The molecule has 5 rings (SSSR count). The van der Waals surface area contributed by atoms with Gasteiger partial charge in [0.15, 0.2) is 0 Å². The maximum absolute atomic E-state index is 6.25. The average Bonchev–Trinajstić information content (AvgIpc) is 3.02. The van der Waals surface area contributed by atoms with Gasteiger partial charge in [0.2, 0.25) is 0 Å². The first-order valence-corrected chi connectivity index (χ1v) is 8.62. The van der Waals surface area contributed by atoms with Gasteiger partial charge in [0.25, 0.3) is 0 Å². The van der Waals surface area contributed by atoms with E-state index in [0.29, 0.717) is 5.02 Å². The number of rotatable bonds is 2. The molecule has 0 atom stereocenters. The highest BCUT2D eigenvalue weighted by Crippen LogP contribution is 2.33. The molecule has 2 N–H and O–H groups in total. The van der Waals surface area contributed by atoms with Gasteiger partial charge in [0.05, 0.1) is 16.2 Å². The predicted molar refractivity (Wildman–Crippen MR) is 108 cm³/mol. The van der Waals surface area contributed by atoms with Crippen LogP contribution in [0.3, 0.4) is 0 Å². The Labute approximate surface area is 150 Å². The number of anilines is 2. The highest BCUT2D eigenvalue weighted by molar-refractivity contribution is 6.33. The molecular weight excluding hydrogens is 328 g/mol. The fraction of sp³-hybridized carbons (Fsp3) is 0. The molecule has 5 aromatic rings. The Morgan fingerprint density at radius 3 is 2.44 bits per heavy atom. The van der Waals surface area contributed by atoms with Crippen molar-refractivity contribution in [3.8, 4) is 0 Å². The summed E-state index contributed by atoms with van der Waals surface area (Å²) in [5.41, 5.74) is 4.22. The van der Waals surface area contributed by atoms with E-state index in [1.54, 1.807) is 0 Å². The number of nitrogens with one attached hydrogen (secondary N) is 2. The lowest BCUT2D eigenvalue weighted by atomic mass is 10.1. The highest BCUT2D eigenvalue weighted by atomic mass is 35.5. The minimum absolute atomic E-state index is 0.713. The molecule has 0 radical (unpaired) electrons. The summed E-state index contributed by atoms with van der Waals surface area (Å²) < 4.78 is 0. The van der Waals surface area contributed by atoms with Crippen molar-refractivity contribution in [3.63, 3.8) is 0 Å². The Kier molecular flexibility index (Phi) is 3.19. The fourth-order valence-electron chi connectivity index (χ4n) is 3.44. The quantitative estimate of drug-likeness (QED) is 0.360. The zero-order valence-electron chi connectivity index (χ0n) is 13.4. The van der Waals surface area contributed by atoms with Gasteiger partial charge in [-0.15, -0.1) is 0 Å². The van der Waals surface area contributed by atoms with Crippen LogP contribution in [0.25, 0.3) is 32.6 Å². The maximum atomic E-state index is 6.25. The molecule has 0 amide bonds. The topological polar surface area (TPSA) is 27.8 Å². The summed E-state index contributed by atoms with van der Waals surface area (Å²) in [5.74, 6) is 0. The number of aromatic amines is 1. The molecule has 0 saturated carbocycles. The molecule has 0 bridgehead atoms. The summed E-state index contributed by atoms with van der Waals surface area (Å²) in [7, 11) is 0. The molecule has 25 heavy (non-hydrogen) atoms. The molecule has 0 spiro atoms. The number of benzene rings is 4. The molecule has 0 unspecified atom stereocenters. The van der Waals surface area contributed by atoms with Crippen molar-refractivity contribution in [1.29, 1.82) is 0 Å². The monoisotopic (exact) mass is 342 g/mol. The van der Waals surface area contributed by atoms with Crippen molar-refractivity contribution < 1.29 is 0 Å². The van der Waals surface area contributed by atoms with Crippen LogP contribution in [0, 0.1) is 0 Å². The van der Waals surface area contributed by atoms with Crippen LogP contribution in [0.15, 0.2) is 78.9 Å². The van der Waals surface area contributed by atoms with Gasteiger partial charge in [-0.25, -0.2) is 0 Å². The smallest absolute Gasteiger partial charge is 0.0640 e. The van der Waals surface area contributed by atoms with Crippen LogP contribution >= 0.6 is 11.6 Å². The van der Waals surface area contributed by atoms with Crippen LogP contribution in [0.5, 0.6) is 0 Å². The lowest BCUT2D eigenvalue weighted by Crippen LogP contribution is -1.90. The number of hydrogen-bond donors (Lipinski definition) is 2. The molecule has 0 aliphatic carbocycles. The van der Waals surface area contributed by atoms with E-state index < -0.39 is 0 Å². The van der Waals surface area contributed by atoms with E-state index in [-0.39, 0.29) is 0 Å². The summed E-state index contributed by atoms with van der Waals surface area (Å²) in [6.07, 6.45) is 0. The molecule has 0 fully saturated rings. The molecule has 0 aliphatic rings. The second kappa shape index (κ2) is 5.54. The summed E-state index contributed by atoms with van der Waals surface area (Å²) in [6, 6.07) is 27.0. The van der Waals surface area contributed by atoms with E-state index in [2.05, 4.69) is 64.9 Å². The molecule has 2 nitrogen and oxygen atoms in total. The third-order valence-electron chi connectivity index (χ3n) is 4.65. The van der Waals surface area contributed by atoms with Crippen molar-refractivity contribution in [2.45, 2.75) is 0 Å². The van der Waals surface area contributed by atoms with Crippen LogP contribution < -0.4 is 5.32 Å². The molecular formula is C22H15ClN2. The van der Waals surface area contributed by atoms with Crippen molar-refractivity contribution >= 4 is 55.6 Å². The molecule has 1 heterocycles. The zero-order valence-corrected chi connectivity index (χ0v) is 14.1. The van der Waals surface area contributed by atoms with E-state index in [1.165, 1.54) is 27.1 Å². The second-order valence-electron chi connectivity index (χ2n) is 6.20. The number of H-pyrrole nitrogens is 1. The minimum Gasteiger partial charge on any atom is -0.354 e. The molecule has 3 heteroatoms. The number of halogens is 1. The fourth-order valence-corrected chi connectivity index (χ4v) is 3.63. The van der Waals surface area contributed by atoms with E-state index in [0.717, 1.165) is 16.9 Å². The van der Waals surface area contributed by atoms with Gasteiger partial charge < -0.3 is 10.3 Å². The van der Waals surface area contributed by atoms with Crippen molar-refractivity contribution in [2.75, 3.05) is 5.32 Å². The third kappa shape index (κ3) is 2.34. The predicted octanol–water partition coefficient (Wildman–Crippen LogP) is 6.87. The van der Waals surface area contributed by atoms with E-state index in [9.17, 15) is 0 Å². The van der Waals surface area contributed by atoms with Gasteiger partial charge in [-0.3, -0.25) is 0 Å². The van der Waals surface area contributed by atoms with Gasteiger partial charge in [-0.2, -0.15) is 0 Å². The standard InChI is InChI=1S/C22H15ClN2/c23-19-7-3-4-8-20(19)24-15-10-12-17-18-11-9-14-5-1-2-6-16(14)22(18)25-21(17)13-15/h1-13,24-25H. The first kappa shape index (κ1) is 14.4. The van der Waals surface area contributed by atoms with Crippen molar-refractivity contribution in [2.24, 2.45) is 0 Å². The van der Waals surface area contributed by atoms with Crippen molar-refractivity contribution in [3.05, 3.63) is 83.9 Å². The molecule has 0 saturated heterocycles. The lowest BCUT2D eigenvalue weighted by Gasteiger charge is -2.08. The van der Waals surface area contributed by atoms with Gasteiger partial charge >= 0.3 is 0 Å². The van der Waals surface area contributed by atoms with Gasteiger partial charge in [0, 0.05) is 27.4 Å². The van der Waals surface area contributed by atoms with Crippen LogP contribution in [-0.2, 0) is 0 Å². The maximum Gasteiger partial charge on any atom is 0.0640 e. The Bertz CT molecular complexity index is 1240. The van der Waals surface area contributed by atoms with Gasteiger partial charge in [0.1, 0.15) is 0 Å². The van der Waals surface area contributed by atoms with Gasteiger partial charge in [-0.1, -0.05) is 66.2 Å². The van der Waals surface area contributed by atoms with Crippen molar-refractivity contribution in [1.82, 2.24) is 4.98 Å². The van der Waals surface area contributed by atoms with E-state index >= 15 is 0 Å². The first-order chi connectivity index (χ1) is 12.3. The Balaban J connectivity index is 1.68.